The molecule has 0 unspecified atom stereocenters. The maximum atomic E-state index is 12.6. The van der Waals surface area contributed by atoms with Crippen molar-refractivity contribution in [3.05, 3.63) is 71.0 Å². The first kappa shape index (κ1) is 23.1. The van der Waals surface area contributed by atoms with E-state index in [-0.39, 0.29) is 22.8 Å². The molecule has 0 spiro atoms. The third-order valence-electron chi connectivity index (χ3n) is 5.13. The molecule has 0 aliphatic heterocycles. The Balaban J connectivity index is 1.69. The number of benzene rings is 2. The minimum atomic E-state index is -0.180. The van der Waals surface area contributed by atoms with Crippen molar-refractivity contribution in [3.63, 3.8) is 0 Å². The Kier molecular flexibility index (Phi) is 6.36. The van der Waals surface area contributed by atoms with Crippen LogP contribution in [0.25, 0.3) is 16.8 Å². The molecule has 4 rings (SSSR count). The molecule has 2 aromatic carbocycles. The van der Waals surface area contributed by atoms with Gasteiger partial charge in [-0.05, 0) is 55.0 Å². The van der Waals surface area contributed by atoms with Crippen LogP contribution in [0.15, 0.2) is 59.6 Å². The van der Waals surface area contributed by atoms with Crippen LogP contribution in [-0.4, -0.2) is 31.4 Å². The highest BCUT2D eigenvalue weighted by Gasteiger charge is 2.22. The third-order valence-corrected chi connectivity index (χ3v) is 6.38. The number of aryl methyl sites for hydroxylation is 1. The second kappa shape index (κ2) is 9.08. The van der Waals surface area contributed by atoms with Crippen LogP contribution >= 0.6 is 23.4 Å². The minimum absolute atomic E-state index is 0.144. The highest BCUT2D eigenvalue weighted by atomic mass is 35.5. The number of nitrogens with one attached hydrogen (secondary N) is 1. The van der Waals surface area contributed by atoms with Gasteiger partial charge in [-0.1, -0.05) is 56.3 Å². The lowest BCUT2D eigenvalue weighted by Gasteiger charge is -2.19. The third kappa shape index (κ3) is 5.15. The molecule has 2 aromatic heterocycles. The Bertz CT molecular complexity index is 1310. The summed E-state index contributed by atoms with van der Waals surface area (Å²) >= 11 is 7.50. The van der Waals surface area contributed by atoms with Crippen LogP contribution in [-0.2, 0) is 10.2 Å². The first-order chi connectivity index (χ1) is 15.6. The van der Waals surface area contributed by atoms with E-state index in [1.165, 1.54) is 23.9 Å². The van der Waals surface area contributed by atoms with E-state index in [4.69, 9.17) is 21.7 Å². The van der Waals surface area contributed by atoms with E-state index >= 15 is 0 Å². The Morgan fingerprint density at radius 2 is 1.79 bits per heavy atom. The number of rotatable bonds is 5. The molecule has 0 aliphatic carbocycles. The molecule has 4 aromatic rings. The topological polar surface area (TPSA) is 79.5 Å². The first-order valence-corrected chi connectivity index (χ1v) is 11.9. The number of aromatic hydroxyl groups is 1. The van der Waals surface area contributed by atoms with Gasteiger partial charge in [0.1, 0.15) is 10.8 Å². The number of amides is 1. The number of carbonyl (C=O) groups excluding carboxylic acids is 1. The Hall–Kier alpha value is -3.03. The smallest absolute Gasteiger partial charge is 0.234 e. The van der Waals surface area contributed by atoms with Crippen LogP contribution in [0.4, 0.5) is 5.69 Å². The molecule has 6 nitrogen and oxygen atoms in total. The first-order valence-electron chi connectivity index (χ1n) is 10.5. The Morgan fingerprint density at radius 3 is 2.42 bits per heavy atom. The second-order valence-corrected chi connectivity index (χ2v) is 10.2. The fraction of sp³-hybridized carbons (Fsp3) is 0.240. The molecule has 0 fully saturated rings. The van der Waals surface area contributed by atoms with Gasteiger partial charge < -0.3 is 10.4 Å². The molecular formula is C25H25ClN4O2S. The summed E-state index contributed by atoms with van der Waals surface area (Å²) in [6.45, 7) is 8.30. The van der Waals surface area contributed by atoms with Crippen LogP contribution in [0.2, 0.25) is 5.02 Å². The number of thioether (sulfide) groups is 1. The van der Waals surface area contributed by atoms with Crippen molar-refractivity contribution in [2.45, 2.75) is 38.1 Å². The predicted octanol–water partition coefficient (Wildman–Crippen LogP) is 6.09. The summed E-state index contributed by atoms with van der Waals surface area (Å²) in [5.41, 5.74) is 4.93. The molecule has 1 amide bonds. The maximum Gasteiger partial charge on any atom is 0.234 e. The number of phenols is 1. The normalized spacial score (nSPS) is 11.7. The zero-order valence-corrected chi connectivity index (χ0v) is 20.5. The van der Waals surface area contributed by atoms with Crippen molar-refractivity contribution in [2.75, 3.05) is 11.1 Å². The van der Waals surface area contributed by atoms with E-state index in [1.807, 2.05) is 41.8 Å². The molecule has 33 heavy (non-hydrogen) atoms. The average molecular weight is 481 g/mol. The summed E-state index contributed by atoms with van der Waals surface area (Å²) < 4.78 is 1.81. The predicted molar refractivity (Wildman–Crippen MR) is 134 cm³/mol. The summed E-state index contributed by atoms with van der Waals surface area (Å²) in [6, 6.07) is 16.1. The highest BCUT2D eigenvalue weighted by Crippen LogP contribution is 2.33. The maximum absolute atomic E-state index is 12.6. The van der Waals surface area contributed by atoms with Gasteiger partial charge in [0, 0.05) is 21.7 Å². The van der Waals surface area contributed by atoms with E-state index in [2.05, 4.69) is 26.1 Å². The average Bonchev–Trinajstić information content (AvgIpc) is 3.09. The van der Waals surface area contributed by atoms with E-state index in [9.17, 15) is 9.90 Å². The molecule has 0 aliphatic rings. The van der Waals surface area contributed by atoms with Crippen LogP contribution in [0.1, 0.15) is 32.2 Å². The largest absolute Gasteiger partial charge is 0.508 e. The molecule has 8 heteroatoms. The van der Waals surface area contributed by atoms with E-state index in [0.29, 0.717) is 10.7 Å². The lowest BCUT2D eigenvalue weighted by molar-refractivity contribution is -0.113. The summed E-state index contributed by atoms with van der Waals surface area (Å²) in [4.78, 5) is 17.5. The number of halogens is 1. The highest BCUT2D eigenvalue weighted by molar-refractivity contribution is 7.99. The SMILES string of the molecule is Cc1nn2c(SCC(=O)Nc3ccc(O)cc3)cc(C(C)(C)C)nc2c1-c1ccc(Cl)cc1. The van der Waals surface area contributed by atoms with E-state index in [1.54, 1.807) is 12.1 Å². The Morgan fingerprint density at radius 1 is 1.12 bits per heavy atom. The van der Waals surface area contributed by atoms with Gasteiger partial charge in [0.15, 0.2) is 5.65 Å². The molecule has 2 heterocycles. The van der Waals surface area contributed by atoms with Gasteiger partial charge in [-0.2, -0.15) is 5.10 Å². The molecule has 0 saturated carbocycles. The number of aromatic nitrogens is 3. The monoisotopic (exact) mass is 480 g/mol. The van der Waals surface area contributed by atoms with Crippen LogP contribution < -0.4 is 5.32 Å². The number of carbonyl (C=O) groups is 1. The van der Waals surface area contributed by atoms with Crippen molar-refractivity contribution in [1.82, 2.24) is 14.6 Å². The quantitative estimate of drug-likeness (QED) is 0.205. The van der Waals surface area contributed by atoms with E-state index in [0.717, 1.165) is 33.2 Å². The number of hydrogen-bond donors (Lipinski definition) is 2. The fourth-order valence-electron chi connectivity index (χ4n) is 3.42. The van der Waals surface area contributed by atoms with Gasteiger partial charge in [-0.15, -0.1) is 0 Å². The molecular weight excluding hydrogens is 456 g/mol. The lowest BCUT2D eigenvalue weighted by atomic mass is 9.92. The molecule has 0 bridgehead atoms. The molecule has 2 N–H and O–H groups in total. The summed E-state index contributed by atoms with van der Waals surface area (Å²) in [5.74, 6) is 0.218. The van der Waals surface area contributed by atoms with Crippen molar-refractivity contribution in [1.29, 1.82) is 0 Å². The molecule has 0 radical (unpaired) electrons. The summed E-state index contributed by atoms with van der Waals surface area (Å²) in [6.07, 6.45) is 0. The van der Waals surface area contributed by atoms with Gasteiger partial charge in [-0.3, -0.25) is 4.79 Å². The van der Waals surface area contributed by atoms with Crippen molar-refractivity contribution in [3.8, 4) is 16.9 Å². The van der Waals surface area contributed by atoms with Gasteiger partial charge in [-0.25, -0.2) is 9.50 Å². The molecule has 0 atom stereocenters. The van der Waals surface area contributed by atoms with Crippen molar-refractivity contribution >= 4 is 40.6 Å². The van der Waals surface area contributed by atoms with Crippen molar-refractivity contribution in [2.24, 2.45) is 0 Å². The minimum Gasteiger partial charge on any atom is -0.508 e. The number of hydrogen-bond acceptors (Lipinski definition) is 5. The van der Waals surface area contributed by atoms with E-state index < -0.39 is 0 Å². The molecule has 170 valence electrons. The van der Waals surface area contributed by atoms with Gasteiger partial charge in [0.25, 0.3) is 0 Å². The second-order valence-electron chi connectivity index (χ2n) is 8.82. The summed E-state index contributed by atoms with van der Waals surface area (Å²) in [5, 5.41) is 18.5. The summed E-state index contributed by atoms with van der Waals surface area (Å²) in [7, 11) is 0. The van der Waals surface area contributed by atoms with Gasteiger partial charge >= 0.3 is 0 Å². The lowest BCUT2D eigenvalue weighted by Crippen LogP contribution is -2.17. The number of anilines is 1. The number of phenolic OH excluding ortho intramolecular Hbond substituents is 1. The number of nitrogens with zero attached hydrogens (tertiary/aromatic N) is 3. The zero-order chi connectivity index (χ0) is 23.8. The van der Waals surface area contributed by atoms with Crippen LogP contribution in [0.5, 0.6) is 5.75 Å². The van der Waals surface area contributed by atoms with Gasteiger partial charge in [0.2, 0.25) is 5.91 Å². The standard InChI is InChI=1S/C25H25ClN4O2S/c1-15-23(16-5-7-17(26)8-6-16)24-28-20(25(2,3)4)13-22(30(24)29-15)33-14-21(32)27-18-9-11-19(31)12-10-18/h5-13,31H,14H2,1-4H3,(H,27,32). The van der Waals surface area contributed by atoms with Gasteiger partial charge in [0.05, 0.1) is 17.1 Å². The Labute approximate surface area is 202 Å². The number of fused-ring (bicyclic) bond motifs is 1. The fourth-order valence-corrected chi connectivity index (χ4v) is 4.34. The van der Waals surface area contributed by atoms with Crippen LogP contribution in [0.3, 0.4) is 0 Å². The van der Waals surface area contributed by atoms with Crippen LogP contribution in [0, 0.1) is 6.92 Å². The van der Waals surface area contributed by atoms with Crippen molar-refractivity contribution < 1.29 is 9.90 Å². The zero-order valence-electron chi connectivity index (χ0n) is 18.9. The molecule has 0 saturated heterocycles.